The molecule has 0 saturated carbocycles. The Hall–Kier alpha value is -1.34. The van der Waals surface area contributed by atoms with Crippen LogP contribution < -0.4 is 5.73 Å². The van der Waals surface area contributed by atoms with Crippen molar-refractivity contribution in [2.45, 2.75) is 31.2 Å². The lowest BCUT2D eigenvalue weighted by molar-refractivity contribution is 0.501. The van der Waals surface area contributed by atoms with Crippen LogP contribution in [0.4, 0.5) is 0 Å². The summed E-state index contributed by atoms with van der Waals surface area (Å²) in [6, 6.07) is 0. The predicted molar refractivity (Wildman–Crippen MR) is 74.3 cm³/mol. The monoisotopic (exact) mass is 217 g/mol. The van der Waals surface area contributed by atoms with Crippen LogP contribution in [0.15, 0.2) is 62.3 Å². The normalized spacial score (nSPS) is 11.9. The van der Waals surface area contributed by atoms with Crippen LogP contribution in [-0.2, 0) is 0 Å². The Bertz CT molecular complexity index is 274. The van der Waals surface area contributed by atoms with Crippen molar-refractivity contribution in [3.05, 3.63) is 62.3 Å². The van der Waals surface area contributed by atoms with Crippen LogP contribution in [0.1, 0.15) is 25.7 Å². The summed E-state index contributed by atoms with van der Waals surface area (Å²) in [5.74, 6) is 0. The van der Waals surface area contributed by atoms with Crippen molar-refractivity contribution in [3.8, 4) is 0 Å². The summed E-state index contributed by atoms with van der Waals surface area (Å²) < 4.78 is 0. The standard InChI is InChI=1S/C15H23N/c1-5-9-11-14(10-6-2)15(16,12-7-3)13-8-4/h5-8,11H,1-4,9-10,12-13,16H2. The highest BCUT2D eigenvalue weighted by atomic mass is 14.7. The fourth-order valence-electron chi connectivity index (χ4n) is 1.73. The van der Waals surface area contributed by atoms with Gasteiger partial charge in [0.25, 0.3) is 0 Å². The predicted octanol–water partition coefficient (Wildman–Crippen LogP) is 3.91. The van der Waals surface area contributed by atoms with E-state index in [2.05, 4.69) is 32.4 Å². The van der Waals surface area contributed by atoms with Gasteiger partial charge < -0.3 is 5.73 Å². The van der Waals surface area contributed by atoms with E-state index in [0.29, 0.717) is 0 Å². The molecule has 0 aromatic carbocycles. The van der Waals surface area contributed by atoms with Gasteiger partial charge in [-0.05, 0) is 31.3 Å². The first-order valence-electron chi connectivity index (χ1n) is 5.56. The molecule has 0 aliphatic rings. The summed E-state index contributed by atoms with van der Waals surface area (Å²) >= 11 is 0. The Labute approximate surface area is 99.7 Å². The molecule has 0 heterocycles. The summed E-state index contributed by atoms with van der Waals surface area (Å²) in [5, 5.41) is 0. The molecule has 0 aliphatic carbocycles. The zero-order valence-corrected chi connectivity index (χ0v) is 10.1. The van der Waals surface area contributed by atoms with Gasteiger partial charge in [-0.1, -0.05) is 30.4 Å². The van der Waals surface area contributed by atoms with Crippen LogP contribution in [0, 0.1) is 0 Å². The van der Waals surface area contributed by atoms with Crippen molar-refractivity contribution in [2.75, 3.05) is 0 Å². The molecule has 88 valence electrons. The van der Waals surface area contributed by atoms with Crippen LogP contribution in [0.3, 0.4) is 0 Å². The molecule has 0 aromatic heterocycles. The summed E-state index contributed by atoms with van der Waals surface area (Å²) in [6.45, 7) is 15.0. The fourth-order valence-corrected chi connectivity index (χ4v) is 1.73. The maximum atomic E-state index is 6.40. The molecule has 0 aliphatic heterocycles. The lowest BCUT2D eigenvalue weighted by atomic mass is 9.82. The molecular weight excluding hydrogens is 194 g/mol. The van der Waals surface area contributed by atoms with Gasteiger partial charge in [0.1, 0.15) is 0 Å². The van der Waals surface area contributed by atoms with E-state index in [0.717, 1.165) is 25.7 Å². The van der Waals surface area contributed by atoms with Crippen LogP contribution in [0.5, 0.6) is 0 Å². The molecule has 0 atom stereocenters. The average Bonchev–Trinajstić information content (AvgIpc) is 2.24. The van der Waals surface area contributed by atoms with E-state index < -0.39 is 0 Å². The minimum Gasteiger partial charge on any atom is -0.321 e. The second-order valence-corrected chi connectivity index (χ2v) is 3.89. The third-order valence-electron chi connectivity index (χ3n) is 2.55. The second-order valence-electron chi connectivity index (χ2n) is 3.89. The van der Waals surface area contributed by atoms with E-state index >= 15 is 0 Å². The molecule has 0 unspecified atom stereocenters. The van der Waals surface area contributed by atoms with Gasteiger partial charge in [-0.25, -0.2) is 0 Å². The minimum atomic E-state index is -0.374. The first kappa shape index (κ1) is 14.7. The Morgan fingerprint density at radius 3 is 1.88 bits per heavy atom. The van der Waals surface area contributed by atoms with Gasteiger partial charge >= 0.3 is 0 Å². The van der Waals surface area contributed by atoms with E-state index in [1.165, 1.54) is 5.57 Å². The zero-order valence-electron chi connectivity index (χ0n) is 10.1. The van der Waals surface area contributed by atoms with Gasteiger partial charge in [0.2, 0.25) is 0 Å². The summed E-state index contributed by atoms with van der Waals surface area (Å²) in [7, 11) is 0. The Morgan fingerprint density at radius 1 is 0.938 bits per heavy atom. The van der Waals surface area contributed by atoms with Crippen LogP contribution in [-0.4, -0.2) is 5.54 Å². The molecule has 0 radical (unpaired) electrons. The van der Waals surface area contributed by atoms with Crippen molar-refractivity contribution < 1.29 is 0 Å². The lowest BCUT2D eigenvalue weighted by Crippen LogP contribution is -2.40. The highest BCUT2D eigenvalue weighted by molar-refractivity contribution is 5.25. The molecule has 0 rings (SSSR count). The highest BCUT2D eigenvalue weighted by Crippen LogP contribution is 2.26. The molecule has 1 heteroatoms. The van der Waals surface area contributed by atoms with Crippen LogP contribution in [0.25, 0.3) is 0 Å². The largest absolute Gasteiger partial charge is 0.321 e. The van der Waals surface area contributed by atoms with Gasteiger partial charge in [0.05, 0.1) is 0 Å². The molecular formula is C15H23N. The zero-order chi connectivity index (χ0) is 12.4. The Kier molecular flexibility index (Phi) is 7.23. The first-order valence-corrected chi connectivity index (χ1v) is 5.56. The summed E-state index contributed by atoms with van der Waals surface area (Å²) in [6.07, 6.45) is 12.7. The molecule has 16 heavy (non-hydrogen) atoms. The molecule has 0 amide bonds. The molecule has 0 fully saturated rings. The molecule has 0 aromatic rings. The third kappa shape index (κ3) is 4.45. The quantitative estimate of drug-likeness (QED) is 0.582. The summed E-state index contributed by atoms with van der Waals surface area (Å²) in [4.78, 5) is 0. The Morgan fingerprint density at radius 2 is 1.50 bits per heavy atom. The Balaban J connectivity index is 5.04. The SMILES string of the molecule is C=CCC=C(CC=C)C(N)(CC=C)CC=C. The summed E-state index contributed by atoms with van der Waals surface area (Å²) in [5.41, 5.74) is 7.21. The topological polar surface area (TPSA) is 26.0 Å². The van der Waals surface area contributed by atoms with Gasteiger partial charge in [0.15, 0.2) is 0 Å². The second kappa shape index (κ2) is 7.89. The van der Waals surface area contributed by atoms with Gasteiger partial charge in [-0.3, -0.25) is 0 Å². The van der Waals surface area contributed by atoms with Crippen molar-refractivity contribution in [1.82, 2.24) is 0 Å². The molecule has 0 bridgehead atoms. The molecule has 0 spiro atoms. The van der Waals surface area contributed by atoms with Crippen molar-refractivity contribution in [1.29, 1.82) is 0 Å². The first-order chi connectivity index (χ1) is 7.64. The van der Waals surface area contributed by atoms with E-state index in [4.69, 9.17) is 5.73 Å². The maximum Gasteiger partial charge on any atom is 0.0441 e. The van der Waals surface area contributed by atoms with Crippen molar-refractivity contribution >= 4 is 0 Å². The van der Waals surface area contributed by atoms with Gasteiger partial charge in [0, 0.05) is 5.54 Å². The maximum absolute atomic E-state index is 6.40. The fraction of sp³-hybridized carbons (Fsp3) is 0.333. The number of rotatable bonds is 9. The van der Waals surface area contributed by atoms with Crippen LogP contribution in [0.2, 0.25) is 0 Å². The highest BCUT2D eigenvalue weighted by Gasteiger charge is 2.25. The molecule has 0 saturated heterocycles. The van der Waals surface area contributed by atoms with E-state index in [1.54, 1.807) is 0 Å². The third-order valence-corrected chi connectivity index (χ3v) is 2.55. The van der Waals surface area contributed by atoms with E-state index in [-0.39, 0.29) is 5.54 Å². The molecule has 2 N–H and O–H groups in total. The number of hydrogen-bond acceptors (Lipinski definition) is 1. The smallest absolute Gasteiger partial charge is 0.0441 e. The minimum absolute atomic E-state index is 0.374. The van der Waals surface area contributed by atoms with E-state index in [9.17, 15) is 0 Å². The number of nitrogens with two attached hydrogens (primary N) is 1. The van der Waals surface area contributed by atoms with Gasteiger partial charge in [-0.2, -0.15) is 0 Å². The van der Waals surface area contributed by atoms with Gasteiger partial charge in [-0.15, -0.1) is 26.3 Å². The van der Waals surface area contributed by atoms with Crippen molar-refractivity contribution in [2.24, 2.45) is 5.73 Å². The average molecular weight is 217 g/mol. The lowest BCUT2D eigenvalue weighted by Gasteiger charge is -2.30. The van der Waals surface area contributed by atoms with E-state index in [1.807, 2.05) is 24.3 Å². The number of hydrogen-bond donors (Lipinski definition) is 1. The van der Waals surface area contributed by atoms with Crippen LogP contribution >= 0.6 is 0 Å². The number of allylic oxidation sites excluding steroid dienone is 3. The molecule has 1 nitrogen and oxygen atoms in total. The van der Waals surface area contributed by atoms with Crippen molar-refractivity contribution in [3.63, 3.8) is 0 Å².